The zero-order valence-electron chi connectivity index (χ0n) is 14.3. The highest BCUT2D eigenvalue weighted by Gasteiger charge is 2.35. The second-order valence-corrected chi connectivity index (χ2v) is 6.59. The lowest BCUT2D eigenvalue weighted by molar-refractivity contribution is -0.145. The number of rotatable bonds is 3. The zero-order chi connectivity index (χ0) is 17.6. The zero-order valence-corrected chi connectivity index (χ0v) is 14.3. The van der Waals surface area contributed by atoms with Crippen molar-refractivity contribution in [2.45, 2.75) is 25.3 Å². The maximum Gasteiger partial charge on any atom is 0.228 e. The number of morpholine rings is 1. The van der Waals surface area contributed by atoms with Gasteiger partial charge in [0.25, 0.3) is 0 Å². The van der Waals surface area contributed by atoms with Crippen LogP contribution in [0, 0.1) is 17.2 Å². The van der Waals surface area contributed by atoms with Crippen LogP contribution in [0.15, 0.2) is 30.3 Å². The fraction of sp³-hybridized carbons (Fsp3) is 0.526. The second kappa shape index (κ2) is 8.13. The number of ether oxygens (including phenoxy) is 1. The molecule has 2 aliphatic heterocycles. The summed E-state index contributed by atoms with van der Waals surface area (Å²) in [5.74, 6) is -0.183. The van der Waals surface area contributed by atoms with Crippen LogP contribution in [0.5, 0.6) is 0 Å². The van der Waals surface area contributed by atoms with Gasteiger partial charge in [-0.3, -0.25) is 9.59 Å². The lowest BCUT2D eigenvalue weighted by atomic mass is 9.95. The van der Waals surface area contributed by atoms with Crippen molar-refractivity contribution in [2.24, 2.45) is 5.92 Å². The Morgan fingerprint density at radius 3 is 2.80 bits per heavy atom. The Morgan fingerprint density at radius 2 is 2.04 bits per heavy atom. The summed E-state index contributed by atoms with van der Waals surface area (Å²) in [7, 11) is 0. The minimum Gasteiger partial charge on any atom is -0.376 e. The van der Waals surface area contributed by atoms with Crippen LogP contribution in [0.3, 0.4) is 0 Å². The summed E-state index contributed by atoms with van der Waals surface area (Å²) >= 11 is 0. The van der Waals surface area contributed by atoms with Gasteiger partial charge in [0, 0.05) is 19.6 Å². The fourth-order valence-corrected chi connectivity index (χ4v) is 3.50. The Morgan fingerprint density at radius 1 is 1.24 bits per heavy atom. The summed E-state index contributed by atoms with van der Waals surface area (Å²) in [6.07, 6.45) is 1.95. The molecule has 3 rings (SSSR count). The van der Waals surface area contributed by atoms with Crippen molar-refractivity contribution in [2.75, 3.05) is 32.8 Å². The Labute approximate surface area is 148 Å². The van der Waals surface area contributed by atoms with Gasteiger partial charge in [-0.15, -0.1) is 0 Å². The molecule has 0 aromatic heterocycles. The summed E-state index contributed by atoms with van der Waals surface area (Å²) in [4.78, 5) is 28.8. The monoisotopic (exact) mass is 341 g/mol. The third-order valence-electron chi connectivity index (χ3n) is 4.88. The first kappa shape index (κ1) is 17.4. The second-order valence-electron chi connectivity index (χ2n) is 6.59. The van der Waals surface area contributed by atoms with E-state index >= 15 is 0 Å². The predicted molar refractivity (Wildman–Crippen MR) is 91.4 cm³/mol. The molecule has 0 spiro atoms. The number of carbonyl (C=O) groups is 2. The highest BCUT2D eigenvalue weighted by molar-refractivity contribution is 5.83. The molecule has 0 aliphatic carbocycles. The van der Waals surface area contributed by atoms with Crippen molar-refractivity contribution in [1.82, 2.24) is 9.80 Å². The number of benzene rings is 1. The molecule has 6 heteroatoms. The van der Waals surface area contributed by atoms with E-state index in [0.717, 1.165) is 18.4 Å². The largest absolute Gasteiger partial charge is 0.376 e. The molecule has 2 aliphatic rings. The molecule has 0 radical (unpaired) electrons. The van der Waals surface area contributed by atoms with E-state index in [2.05, 4.69) is 6.07 Å². The van der Waals surface area contributed by atoms with Crippen LogP contribution in [0.2, 0.25) is 0 Å². The molecule has 0 N–H and O–H groups in total. The van der Waals surface area contributed by atoms with Gasteiger partial charge < -0.3 is 14.5 Å². The highest BCUT2D eigenvalue weighted by atomic mass is 16.5. The summed E-state index contributed by atoms with van der Waals surface area (Å²) in [5.41, 5.74) is 0.985. The van der Waals surface area contributed by atoms with Gasteiger partial charge in [0.1, 0.15) is 6.04 Å². The number of likely N-dealkylation sites (tertiary alicyclic amines) is 1. The standard InChI is InChI=1S/C19H23N3O3/c20-12-17-14-25-10-9-22(17)19(24)16-7-4-8-21(13-16)18(23)11-15-5-2-1-3-6-15/h1-3,5-6,16-17H,4,7-11,13-14H2/t16-,17+/m1/s1. The van der Waals surface area contributed by atoms with Crippen molar-refractivity contribution >= 4 is 11.8 Å². The van der Waals surface area contributed by atoms with Crippen LogP contribution in [-0.2, 0) is 20.7 Å². The van der Waals surface area contributed by atoms with Crippen LogP contribution < -0.4 is 0 Å². The Kier molecular flexibility index (Phi) is 5.67. The van der Waals surface area contributed by atoms with Crippen LogP contribution in [-0.4, -0.2) is 60.5 Å². The lowest BCUT2D eigenvalue weighted by Gasteiger charge is -2.38. The smallest absolute Gasteiger partial charge is 0.228 e. The minimum absolute atomic E-state index is 0.0212. The van der Waals surface area contributed by atoms with Crippen molar-refractivity contribution in [1.29, 1.82) is 5.26 Å². The summed E-state index contributed by atoms with van der Waals surface area (Å²) in [6.45, 7) is 2.32. The molecule has 2 amide bonds. The normalized spacial score (nSPS) is 23.8. The number of nitriles is 1. The molecule has 0 unspecified atom stereocenters. The van der Waals surface area contributed by atoms with E-state index in [-0.39, 0.29) is 24.3 Å². The highest BCUT2D eigenvalue weighted by Crippen LogP contribution is 2.22. The lowest BCUT2D eigenvalue weighted by Crippen LogP contribution is -2.53. The van der Waals surface area contributed by atoms with Crippen molar-refractivity contribution in [3.8, 4) is 6.07 Å². The molecule has 6 nitrogen and oxygen atoms in total. The van der Waals surface area contributed by atoms with Gasteiger partial charge in [0.05, 0.1) is 31.6 Å². The predicted octanol–water partition coefficient (Wildman–Crippen LogP) is 1.22. The van der Waals surface area contributed by atoms with Gasteiger partial charge in [-0.2, -0.15) is 5.26 Å². The Bertz CT molecular complexity index is 656. The van der Waals surface area contributed by atoms with Crippen molar-refractivity contribution < 1.29 is 14.3 Å². The van der Waals surface area contributed by atoms with E-state index in [0.29, 0.717) is 32.7 Å². The van der Waals surface area contributed by atoms with Gasteiger partial charge in [-0.05, 0) is 18.4 Å². The molecular weight excluding hydrogens is 318 g/mol. The Balaban J connectivity index is 1.61. The first-order chi connectivity index (χ1) is 12.2. The van der Waals surface area contributed by atoms with Gasteiger partial charge >= 0.3 is 0 Å². The van der Waals surface area contributed by atoms with E-state index < -0.39 is 6.04 Å². The van der Waals surface area contributed by atoms with E-state index in [9.17, 15) is 14.9 Å². The molecule has 2 heterocycles. The third kappa shape index (κ3) is 4.18. The molecular formula is C19H23N3O3. The van der Waals surface area contributed by atoms with Crippen LogP contribution >= 0.6 is 0 Å². The topological polar surface area (TPSA) is 73.6 Å². The first-order valence-electron chi connectivity index (χ1n) is 8.78. The first-order valence-corrected chi connectivity index (χ1v) is 8.78. The molecule has 1 aromatic rings. The van der Waals surface area contributed by atoms with Crippen molar-refractivity contribution in [3.05, 3.63) is 35.9 Å². The number of nitrogens with zero attached hydrogens (tertiary/aromatic N) is 3. The molecule has 2 atom stereocenters. The molecule has 132 valence electrons. The van der Waals surface area contributed by atoms with E-state index in [4.69, 9.17) is 4.74 Å². The van der Waals surface area contributed by atoms with Gasteiger partial charge in [0.2, 0.25) is 11.8 Å². The molecule has 1 aromatic carbocycles. The molecule has 2 fully saturated rings. The number of carbonyl (C=O) groups excluding carboxylic acids is 2. The Hall–Kier alpha value is -2.39. The average molecular weight is 341 g/mol. The SMILES string of the molecule is N#C[C@H]1COCCN1C(=O)[C@@H]1CCCN(C(=O)Cc2ccccc2)C1. The number of hydrogen-bond acceptors (Lipinski definition) is 4. The summed E-state index contributed by atoms with van der Waals surface area (Å²) in [5, 5.41) is 9.22. The minimum atomic E-state index is -0.517. The van der Waals surface area contributed by atoms with Crippen LogP contribution in [0.1, 0.15) is 18.4 Å². The summed E-state index contributed by atoms with van der Waals surface area (Å²) < 4.78 is 5.29. The summed E-state index contributed by atoms with van der Waals surface area (Å²) in [6, 6.07) is 11.3. The van der Waals surface area contributed by atoms with Gasteiger partial charge in [-0.25, -0.2) is 0 Å². The number of hydrogen-bond donors (Lipinski definition) is 0. The number of piperidine rings is 1. The fourth-order valence-electron chi connectivity index (χ4n) is 3.50. The van der Waals surface area contributed by atoms with Crippen LogP contribution in [0.4, 0.5) is 0 Å². The molecule has 0 bridgehead atoms. The van der Waals surface area contributed by atoms with E-state index in [1.54, 1.807) is 9.80 Å². The quantitative estimate of drug-likeness (QED) is 0.828. The molecule has 25 heavy (non-hydrogen) atoms. The molecule has 2 saturated heterocycles. The average Bonchev–Trinajstić information content (AvgIpc) is 2.68. The van der Waals surface area contributed by atoms with Crippen LogP contribution in [0.25, 0.3) is 0 Å². The molecule has 0 saturated carbocycles. The maximum atomic E-state index is 12.8. The third-order valence-corrected chi connectivity index (χ3v) is 4.88. The van der Waals surface area contributed by atoms with Gasteiger partial charge in [-0.1, -0.05) is 30.3 Å². The van der Waals surface area contributed by atoms with Crippen molar-refractivity contribution in [3.63, 3.8) is 0 Å². The van der Waals surface area contributed by atoms with Gasteiger partial charge in [0.15, 0.2) is 0 Å². The number of amides is 2. The van der Waals surface area contributed by atoms with E-state index in [1.165, 1.54) is 0 Å². The maximum absolute atomic E-state index is 12.8. The van der Waals surface area contributed by atoms with E-state index in [1.807, 2.05) is 30.3 Å².